The van der Waals surface area contributed by atoms with Crippen LogP contribution in [-0.4, -0.2) is 16.0 Å². The third-order valence-electron chi connectivity index (χ3n) is 3.60. The first-order valence-electron chi connectivity index (χ1n) is 7.24. The van der Waals surface area contributed by atoms with Crippen LogP contribution >= 0.6 is 0 Å². The molecular weight excluding hydrogens is 276 g/mol. The van der Waals surface area contributed by atoms with Gasteiger partial charge in [-0.05, 0) is 36.8 Å². The van der Waals surface area contributed by atoms with Gasteiger partial charge >= 0.3 is 0 Å². The Morgan fingerprint density at radius 1 is 1.18 bits per heavy atom. The van der Waals surface area contributed by atoms with Gasteiger partial charge in [-0.15, -0.1) is 0 Å². The number of hydrogen-bond donors (Lipinski definition) is 3. The summed E-state index contributed by atoms with van der Waals surface area (Å²) in [6.07, 6.45) is -0.756. The molecule has 3 N–H and O–H groups in total. The van der Waals surface area contributed by atoms with Crippen LogP contribution in [0.2, 0.25) is 0 Å². The summed E-state index contributed by atoms with van der Waals surface area (Å²) in [5, 5.41) is 14.0. The molecule has 1 unspecified atom stereocenters. The zero-order valence-electron chi connectivity index (χ0n) is 12.3. The SMILES string of the molecule is Cc1cc2cc(NC(=O)CC(O)c3ccccc3)ccc2[nH]1. The molecule has 1 amide bonds. The third-order valence-corrected chi connectivity index (χ3v) is 3.60. The van der Waals surface area contributed by atoms with E-state index in [1.165, 1.54) is 0 Å². The van der Waals surface area contributed by atoms with E-state index in [0.717, 1.165) is 27.8 Å². The number of nitrogens with one attached hydrogen (secondary N) is 2. The molecule has 0 spiro atoms. The summed E-state index contributed by atoms with van der Waals surface area (Å²) in [6.45, 7) is 1.99. The molecule has 0 fully saturated rings. The molecule has 112 valence electrons. The predicted octanol–water partition coefficient (Wildman–Crippen LogP) is 3.54. The van der Waals surface area contributed by atoms with Gasteiger partial charge in [-0.2, -0.15) is 0 Å². The maximum absolute atomic E-state index is 12.1. The van der Waals surface area contributed by atoms with Gasteiger partial charge in [0, 0.05) is 22.3 Å². The molecule has 0 radical (unpaired) electrons. The van der Waals surface area contributed by atoms with Crippen molar-refractivity contribution in [2.24, 2.45) is 0 Å². The van der Waals surface area contributed by atoms with Crippen molar-refractivity contribution < 1.29 is 9.90 Å². The van der Waals surface area contributed by atoms with E-state index >= 15 is 0 Å². The minimum atomic E-state index is -0.792. The lowest BCUT2D eigenvalue weighted by Crippen LogP contribution is -2.15. The number of aliphatic hydroxyl groups excluding tert-OH is 1. The highest BCUT2D eigenvalue weighted by Crippen LogP contribution is 2.21. The number of H-pyrrole nitrogens is 1. The van der Waals surface area contributed by atoms with Crippen LogP contribution in [0.5, 0.6) is 0 Å². The average Bonchev–Trinajstić information content (AvgIpc) is 2.87. The largest absolute Gasteiger partial charge is 0.388 e. The number of aliphatic hydroxyl groups is 1. The molecule has 0 aliphatic carbocycles. The fraction of sp³-hybridized carbons (Fsp3) is 0.167. The molecule has 4 heteroatoms. The van der Waals surface area contributed by atoms with E-state index in [1.54, 1.807) is 0 Å². The van der Waals surface area contributed by atoms with Crippen molar-refractivity contribution in [2.75, 3.05) is 5.32 Å². The van der Waals surface area contributed by atoms with Crippen molar-refractivity contribution in [3.63, 3.8) is 0 Å². The number of aryl methyl sites for hydroxylation is 1. The summed E-state index contributed by atoms with van der Waals surface area (Å²) in [4.78, 5) is 15.3. The number of hydrogen-bond acceptors (Lipinski definition) is 2. The summed E-state index contributed by atoms with van der Waals surface area (Å²) in [6, 6.07) is 16.9. The number of anilines is 1. The molecule has 1 heterocycles. The number of aromatic nitrogens is 1. The fourth-order valence-electron chi connectivity index (χ4n) is 2.54. The highest BCUT2D eigenvalue weighted by Gasteiger charge is 2.13. The molecule has 2 aromatic carbocycles. The summed E-state index contributed by atoms with van der Waals surface area (Å²) in [5.74, 6) is -0.206. The molecule has 1 atom stereocenters. The van der Waals surface area contributed by atoms with E-state index in [4.69, 9.17) is 0 Å². The van der Waals surface area contributed by atoms with Crippen LogP contribution in [0.1, 0.15) is 23.8 Å². The number of fused-ring (bicyclic) bond motifs is 1. The second-order valence-corrected chi connectivity index (χ2v) is 5.43. The zero-order chi connectivity index (χ0) is 15.5. The molecule has 22 heavy (non-hydrogen) atoms. The number of carbonyl (C=O) groups is 1. The van der Waals surface area contributed by atoms with E-state index in [2.05, 4.69) is 10.3 Å². The van der Waals surface area contributed by atoms with E-state index in [1.807, 2.05) is 61.5 Å². The quantitative estimate of drug-likeness (QED) is 0.689. The molecule has 0 bridgehead atoms. The summed E-state index contributed by atoms with van der Waals surface area (Å²) < 4.78 is 0. The van der Waals surface area contributed by atoms with Crippen LogP contribution in [0.4, 0.5) is 5.69 Å². The van der Waals surface area contributed by atoms with Gasteiger partial charge in [0.2, 0.25) is 5.91 Å². The van der Waals surface area contributed by atoms with E-state index in [9.17, 15) is 9.90 Å². The highest BCUT2D eigenvalue weighted by atomic mass is 16.3. The van der Waals surface area contributed by atoms with Crippen molar-refractivity contribution in [3.8, 4) is 0 Å². The Kier molecular flexibility index (Phi) is 3.94. The summed E-state index contributed by atoms with van der Waals surface area (Å²) >= 11 is 0. The van der Waals surface area contributed by atoms with Crippen molar-refractivity contribution in [1.29, 1.82) is 0 Å². The Labute approximate surface area is 128 Å². The first-order valence-corrected chi connectivity index (χ1v) is 7.24. The van der Waals surface area contributed by atoms with Gasteiger partial charge in [0.15, 0.2) is 0 Å². The molecule has 0 aliphatic heterocycles. The Balaban J connectivity index is 1.67. The molecule has 3 rings (SSSR count). The predicted molar refractivity (Wildman–Crippen MR) is 87.7 cm³/mol. The first kappa shape index (κ1) is 14.4. The van der Waals surface area contributed by atoms with Crippen molar-refractivity contribution in [3.05, 3.63) is 65.9 Å². The average molecular weight is 294 g/mol. The van der Waals surface area contributed by atoms with Crippen molar-refractivity contribution in [2.45, 2.75) is 19.4 Å². The monoisotopic (exact) mass is 294 g/mol. The Morgan fingerprint density at radius 2 is 1.95 bits per heavy atom. The van der Waals surface area contributed by atoms with Crippen LogP contribution in [0.15, 0.2) is 54.6 Å². The van der Waals surface area contributed by atoms with Gasteiger partial charge in [0.05, 0.1) is 12.5 Å². The van der Waals surface area contributed by atoms with E-state index in [0.29, 0.717) is 0 Å². The van der Waals surface area contributed by atoms with E-state index in [-0.39, 0.29) is 12.3 Å². The second-order valence-electron chi connectivity index (χ2n) is 5.43. The fourth-order valence-corrected chi connectivity index (χ4v) is 2.54. The Hall–Kier alpha value is -2.59. The lowest BCUT2D eigenvalue weighted by Gasteiger charge is -2.11. The highest BCUT2D eigenvalue weighted by molar-refractivity contribution is 5.94. The van der Waals surface area contributed by atoms with Crippen LogP contribution in [0, 0.1) is 6.92 Å². The number of rotatable bonds is 4. The van der Waals surface area contributed by atoms with Crippen LogP contribution < -0.4 is 5.32 Å². The normalized spacial score (nSPS) is 12.3. The lowest BCUT2D eigenvalue weighted by atomic mass is 10.1. The number of aromatic amines is 1. The molecule has 1 aromatic heterocycles. The minimum absolute atomic E-state index is 0.0359. The van der Waals surface area contributed by atoms with Gasteiger partial charge in [-0.25, -0.2) is 0 Å². The molecule has 0 saturated carbocycles. The smallest absolute Gasteiger partial charge is 0.227 e. The number of amides is 1. The minimum Gasteiger partial charge on any atom is -0.388 e. The lowest BCUT2D eigenvalue weighted by molar-refractivity contribution is -0.118. The number of benzene rings is 2. The van der Waals surface area contributed by atoms with Crippen LogP contribution in [0.25, 0.3) is 10.9 Å². The summed E-state index contributed by atoms with van der Waals surface area (Å²) in [5.41, 5.74) is 3.60. The van der Waals surface area contributed by atoms with Crippen LogP contribution in [-0.2, 0) is 4.79 Å². The van der Waals surface area contributed by atoms with Gasteiger partial charge < -0.3 is 15.4 Å². The van der Waals surface area contributed by atoms with E-state index < -0.39 is 6.10 Å². The topological polar surface area (TPSA) is 65.1 Å². The number of carbonyl (C=O) groups excluding carboxylic acids is 1. The molecular formula is C18H18N2O2. The zero-order valence-corrected chi connectivity index (χ0v) is 12.3. The molecule has 0 saturated heterocycles. The third kappa shape index (κ3) is 3.18. The molecule has 3 aromatic rings. The molecule has 0 aliphatic rings. The van der Waals surface area contributed by atoms with Gasteiger partial charge in [-0.3, -0.25) is 4.79 Å². The van der Waals surface area contributed by atoms with Gasteiger partial charge in [0.1, 0.15) is 0 Å². The van der Waals surface area contributed by atoms with Crippen molar-refractivity contribution in [1.82, 2.24) is 4.98 Å². The summed E-state index contributed by atoms with van der Waals surface area (Å²) in [7, 11) is 0. The Morgan fingerprint density at radius 3 is 2.73 bits per heavy atom. The van der Waals surface area contributed by atoms with Crippen LogP contribution in [0.3, 0.4) is 0 Å². The molecule has 4 nitrogen and oxygen atoms in total. The maximum atomic E-state index is 12.1. The van der Waals surface area contributed by atoms with Gasteiger partial charge in [-0.1, -0.05) is 30.3 Å². The van der Waals surface area contributed by atoms with Gasteiger partial charge in [0.25, 0.3) is 0 Å². The maximum Gasteiger partial charge on any atom is 0.227 e. The second kappa shape index (κ2) is 6.03. The van der Waals surface area contributed by atoms with Crippen molar-refractivity contribution >= 4 is 22.5 Å². The standard InChI is InChI=1S/C18H18N2O2/c1-12-9-14-10-15(7-8-16(14)19-12)20-18(22)11-17(21)13-5-3-2-4-6-13/h2-10,17,19,21H,11H2,1H3,(H,20,22). The first-order chi connectivity index (χ1) is 10.6. The Bertz CT molecular complexity index is 793.